The monoisotopic (exact) mass is 496 g/mol. The van der Waals surface area contributed by atoms with Gasteiger partial charge in [0.05, 0.1) is 15.9 Å². The largest absolute Gasteiger partial charge is 0.323 e. The lowest BCUT2D eigenvalue weighted by Crippen LogP contribution is -2.19. The zero-order valence-corrected chi connectivity index (χ0v) is 19.2. The highest BCUT2D eigenvalue weighted by atomic mass is 79.9. The van der Waals surface area contributed by atoms with Crippen LogP contribution >= 0.6 is 39.0 Å². The first-order valence-corrected chi connectivity index (χ1v) is 11.9. The molecule has 0 saturated carbocycles. The average Bonchev–Trinajstić information content (AvgIpc) is 3.28. The number of thioether (sulfide) groups is 1. The Labute approximate surface area is 190 Å². The molecule has 4 aromatic rings. The van der Waals surface area contributed by atoms with Gasteiger partial charge in [-0.1, -0.05) is 28.6 Å². The Kier molecular flexibility index (Phi) is 6.17. The smallest absolute Gasteiger partial charge is 0.308 e. The topological polar surface area (TPSA) is 66.9 Å². The van der Waals surface area contributed by atoms with Crippen LogP contribution in [-0.2, 0) is 0 Å². The van der Waals surface area contributed by atoms with Crippen LogP contribution in [0.25, 0.3) is 26.5 Å². The summed E-state index contributed by atoms with van der Waals surface area (Å²) in [6.45, 7) is 4.13. The van der Waals surface area contributed by atoms with Crippen LogP contribution < -0.4 is 10.6 Å². The molecular formula is C22H17BrN4OS2. The summed E-state index contributed by atoms with van der Waals surface area (Å²) in [4.78, 5) is 23.9. The summed E-state index contributed by atoms with van der Waals surface area (Å²) in [5.41, 5.74) is 4.38. The fourth-order valence-electron chi connectivity index (χ4n) is 2.83. The number of anilines is 2. The molecule has 0 aliphatic heterocycles. The van der Waals surface area contributed by atoms with Crippen LogP contribution in [0.15, 0.2) is 71.0 Å². The van der Waals surface area contributed by atoms with Gasteiger partial charge in [-0.15, -0.1) is 23.1 Å². The van der Waals surface area contributed by atoms with E-state index in [2.05, 4.69) is 33.1 Å². The van der Waals surface area contributed by atoms with Crippen molar-refractivity contribution in [3.05, 3.63) is 76.7 Å². The highest BCUT2D eigenvalue weighted by molar-refractivity contribution is 9.10. The zero-order chi connectivity index (χ0) is 21.1. The number of rotatable bonds is 5. The van der Waals surface area contributed by atoms with Crippen molar-refractivity contribution < 1.29 is 4.79 Å². The third-order valence-corrected chi connectivity index (χ3v) is 6.38. The molecule has 5 nitrogen and oxygen atoms in total. The molecule has 2 aromatic heterocycles. The van der Waals surface area contributed by atoms with Crippen molar-refractivity contribution in [2.75, 3.05) is 16.9 Å². The van der Waals surface area contributed by atoms with Gasteiger partial charge < -0.3 is 10.6 Å². The Morgan fingerprint density at radius 1 is 1.03 bits per heavy atom. The Morgan fingerprint density at radius 3 is 2.47 bits per heavy atom. The average molecular weight is 497 g/mol. The van der Waals surface area contributed by atoms with Crippen molar-refractivity contribution in [1.82, 2.24) is 9.97 Å². The lowest BCUT2D eigenvalue weighted by atomic mass is 10.2. The molecule has 0 saturated heterocycles. The molecule has 2 N–H and O–H groups in total. The van der Waals surface area contributed by atoms with E-state index in [0.29, 0.717) is 16.9 Å². The van der Waals surface area contributed by atoms with E-state index in [1.165, 1.54) is 11.8 Å². The minimum atomic E-state index is -0.325. The molecule has 0 unspecified atom stereocenters. The van der Waals surface area contributed by atoms with Crippen LogP contribution in [0, 0.1) is 0 Å². The highest BCUT2D eigenvalue weighted by Gasteiger charge is 2.15. The van der Waals surface area contributed by atoms with Gasteiger partial charge in [-0.05, 0) is 60.2 Å². The Hall–Kier alpha value is -2.68. The molecule has 2 amide bonds. The van der Waals surface area contributed by atoms with E-state index in [1.807, 2.05) is 66.2 Å². The number of thiophene rings is 1. The minimum absolute atomic E-state index is 0.325. The van der Waals surface area contributed by atoms with Crippen LogP contribution in [0.3, 0.4) is 0 Å². The highest BCUT2D eigenvalue weighted by Crippen LogP contribution is 2.34. The van der Waals surface area contributed by atoms with Crippen LogP contribution in [0.5, 0.6) is 0 Å². The number of amides is 2. The van der Waals surface area contributed by atoms with E-state index in [4.69, 9.17) is 9.97 Å². The van der Waals surface area contributed by atoms with Crippen LogP contribution in [-0.4, -0.2) is 22.3 Å². The molecule has 150 valence electrons. The fraction of sp³-hybridized carbons (Fsp3) is 0.0455. The number of aromatic nitrogens is 2. The third kappa shape index (κ3) is 4.56. The summed E-state index contributed by atoms with van der Waals surface area (Å²) < 4.78 is 0.950. The molecule has 30 heavy (non-hydrogen) atoms. The van der Waals surface area contributed by atoms with Crippen molar-refractivity contribution in [1.29, 1.82) is 0 Å². The lowest BCUT2D eigenvalue weighted by molar-refractivity contribution is 0.262. The molecule has 0 spiro atoms. The van der Waals surface area contributed by atoms with Gasteiger partial charge >= 0.3 is 6.03 Å². The van der Waals surface area contributed by atoms with E-state index < -0.39 is 0 Å². The summed E-state index contributed by atoms with van der Waals surface area (Å²) in [6, 6.07) is 16.6. The van der Waals surface area contributed by atoms with Crippen molar-refractivity contribution in [2.24, 2.45) is 0 Å². The quantitative estimate of drug-likeness (QED) is 0.309. The number of fused-ring (bicyclic) bond motifs is 1. The maximum absolute atomic E-state index is 12.3. The van der Waals surface area contributed by atoms with Gasteiger partial charge in [0.25, 0.3) is 0 Å². The maximum Gasteiger partial charge on any atom is 0.323 e. The van der Waals surface area contributed by atoms with Gasteiger partial charge in [0.15, 0.2) is 0 Å². The number of carbonyl (C=O) groups excluding carboxylic acids is 1. The summed E-state index contributed by atoms with van der Waals surface area (Å²) in [7, 11) is 0. The summed E-state index contributed by atoms with van der Waals surface area (Å²) in [5, 5.41) is 7.67. The standard InChI is InChI=1S/C22H17BrN4OS2/c1-13(29-2)20-21(19-4-3-11-30-19)26-17-10-9-16(12-18(17)27-20)25-22(28)24-15-7-5-14(23)6-8-15/h3-12H,1H2,2H3,(H2,24,25,28). The summed E-state index contributed by atoms with van der Waals surface area (Å²) in [6.07, 6.45) is 1.97. The Balaban J connectivity index is 1.63. The summed E-state index contributed by atoms with van der Waals surface area (Å²) >= 11 is 6.54. The number of nitrogens with one attached hydrogen (secondary N) is 2. The first kappa shape index (κ1) is 20.6. The normalized spacial score (nSPS) is 10.7. The number of hydrogen-bond donors (Lipinski definition) is 2. The van der Waals surface area contributed by atoms with Gasteiger partial charge in [0, 0.05) is 20.8 Å². The fourth-order valence-corrected chi connectivity index (χ4v) is 4.15. The molecule has 0 atom stereocenters. The molecule has 2 aromatic carbocycles. The van der Waals surface area contributed by atoms with Gasteiger partial charge in [-0.3, -0.25) is 0 Å². The third-order valence-electron chi connectivity index (χ3n) is 4.29. The van der Waals surface area contributed by atoms with Gasteiger partial charge in [-0.2, -0.15) is 0 Å². The number of carbonyl (C=O) groups is 1. The molecule has 0 aliphatic rings. The van der Waals surface area contributed by atoms with E-state index >= 15 is 0 Å². The summed E-state index contributed by atoms with van der Waals surface area (Å²) in [5.74, 6) is 0. The molecule has 2 heterocycles. The SMILES string of the molecule is C=C(SC)c1nc2cc(NC(=O)Nc3ccc(Br)cc3)ccc2nc1-c1cccs1. The number of benzene rings is 2. The second kappa shape index (κ2) is 8.99. The van der Waals surface area contributed by atoms with Crippen LogP contribution in [0.2, 0.25) is 0 Å². The Bertz CT molecular complexity index is 1220. The molecule has 0 aliphatic carbocycles. The molecule has 4 rings (SSSR count). The molecule has 0 radical (unpaired) electrons. The van der Waals surface area contributed by atoms with Crippen LogP contribution in [0.1, 0.15) is 5.69 Å². The predicted octanol–water partition coefficient (Wildman–Crippen LogP) is 7.10. The molecule has 0 bridgehead atoms. The number of halogens is 1. The second-order valence-electron chi connectivity index (χ2n) is 6.31. The lowest BCUT2D eigenvalue weighted by Gasteiger charge is -2.11. The van der Waals surface area contributed by atoms with E-state index in [9.17, 15) is 4.79 Å². The predicted molar refractivity (Wildman–Crippen MR) is 132 cm³/mol. The molecule has 0 fully saturated rings. The van der Waals surface area contributed by atoms with E-state index in [1.54, 1.807) is 11.3 Å². The first-order valence-electron chi connectivity index (χ1n) is 8.96. The Morgan fingerprint density at radius 2 is 1.77 bits per heavy atom. The van der Waals surface area contributed by atoms with Crippen molar-refractivity contribution >= 4 is 72.4 Å². The number of nitrogens with zero attached hydrogens (tertiary/aromatic N) is 2. The van der Waals surface area contributed by atoms with Crippen molar-refractivity contribution in [2.45, 2.75) is 0 Å². The molecule has 8 heteroatoms. The van der Waals surface area contributed by atoms with Crippen molar-refractivity contribution in [3.63, 3.8) is 0 Å². The number of urea groups is 1. The van der Waals surface area contributed by atoms with Gasteiger partial charge in [0.2, 0.25) is 0 Å². The van der Waals surface area contributed by atoms with Crippen LogP contribution in [0.4, 0.5) is 16.2 Å². The number of hydrogen-bond acceptors (Lipinski definition) is 5. The van der Waals surface area contributed by atoms with Gasteiger partial charge in [0.1, 0.15) is 11.4 Å². The minimum Gasteiger partial charge on any atom is -0.308 e. The van der Waals surface area contributed by atoms with E-state index in [-0.39, 0.29) is 6.03 Å². The maximum atomic E-state index is 12.3. The van der Waals surface area contributed by atoms with E-state index in [0.717, 1.165) is 31.2 Å². The second-order valence-corrected chi connectivity index (χ2v) is 9.08. The zero-order valence-electron chi connectivity index (χ0n) is 16.0. The first-order chi connectivity index (χ1) is 14.5. The van der Waals surface area contributed by atoms with Gasteiger partial charge in [-0.25, -0.2) is 14.8 Å². The molecular weight excluding hydrogens is 480 g/mol. The van der Waals surface area contributed by atoms with Crippen molar-refractivity contribution in [3.8, 4) is 10.6 Å².